The van der Waals surface area contributed by atoms with Gasteiger partial charge in [-0.05, 0) is 64.8 Å². The summed E-state index contributed by atoms with van der Waals surface area (Å²) in [4.78, 5) is 12.9. The summed E-state index contributed by atoms with van der Waals surface area (Å²) in [5, 5.41) is 14.0. The van der Waals surface area contributed by atoms with Gasteiger partial charge in [0.2, 0.25) is 0 Å². The largest absolute Gasteiger partial charge is 0.503 e. The number of sulfonamides is 1. The van der Waals surface area contributed by atoms with Crippen LogP contribution in [0.15, 0.2) is 63.0 Å². The Labute approximate surface area is 246 Å². The molecular formula is C27H30BrN3O9S. The zero-order valence-corrected chi connectivity index (χ0v) is 25.4. The number of hydrazone groups is 1. The average molecular weight is 653 g/mol. The van der Waals surface area contributed by atoms with Gasteiger partial charge >= 0.3 is 0 Å². The summed E-state index contributed by atoms with van der Waals surface area (Å²) in [6.07, 6.45) is 1.32. The number of ether oxygens (including phenoxy) is 5. The van der Waals surface area contributed by atoms with Gasteiger partial charge in [-0.3, -0.25) is 9.10 Å². The number of hydrogen-bond donors (Lipinski definition) is 2. The highest BCUT2D eigenvalue weighted by molar-refractivity contribution is 9.10. The Kier molecular flexibility index (Phi) is 10.7. The number of nitrogens with one attached hydrogen (secondary N) is 1. The number of carbonyl (C=O) groups excluding carboxylic acids is 1. The van der Waals surface area contributed by atoms with Crippen LogP contribution < -0.4 is 33.4 Å². The maximum atomic E-state index is 13.9. The van der Waals surface area contributed by atoms with Gasteiger partial charge in [0, 0.05) is 12.1 Å². The lowest BCUT2D eigenvalue weighted by atomic mass is 10.2. The molecule has 0 atom stereocenters. The molecule has 3 aromatic rings. The number of halogens is 1. The lowest BCUT2D eigenvalue weighted by Gasteiger charge is -2.26. The molecule has 14 heteroatoms. The zero-order chi connectivity index (χ0) is 30.2. The molecular weight excluding hydrogens is 622 g/mol. The Morgan fingerprint density at radius 3 is 2.27 bits per heavy atom. The van der Waals surface area contributed by atoms with Crippen molar-refractivity contribution < 1.29 is 42.0 Å². The van der Waals surface area contributed by atoms with Crippen LogP contribution in [0.25, 0.3) is 0 Å². The van der Waals surface area contributed by atoms with Crippen molar-refractivity contribution in [2.45, 2.75) is 11.8 Å². The van der Waals surface area contributed by atoms with E-state index in [4.69, 9.17) is 23.7 Å². The SMILES string of the molecule is CCOc1cc(/C=N\NC(=O)CN(c2cc(OC)ccc2OC)S(=O)(=O)c2ccc(OC)c(OC)c2)cc(Br)c1O. The van der Waals surface area contributed by atoms with Gasteiger partial charge in [-0.1, -0.05) is 0 Å². The zero-order valence-electron chi connectivity index (χ0n) is 23.0. The van der Waals surface area contributed by atoms with Crippen LogP contribution >= 0.6 is 15.9 Å². The summed E-state index contributed by atoms with van der Waals surface area (Å²) in [6, 6.07) is 11.8. The molecule has 0 aliphatic carbocycles. The molecule has 0 fully saturated rings. The molecule has 0 aliphatic heterocycles. The van der Waals surface area contributed by atoms with Crippen LogP contribution in [0, 0.1) is 0 Å². The summed E-state index contributed by atoms with van der Waals surface area (Å²) in [5.74, 6) is 0.448. The average Bonchev–Trinajstić information content (AvgIpc) is 2.97. The Hall–Kier alpha value is -4.17. The van der Waals surface area contributed by atoms with Gasteiger partial charge in [0.25, 0.3) is 15.9 Å². The molecule has 3 aromatic carbocycles. The van der Waals surface area contributed by atoms with Crippen LogP contribution in [0.3, 0.4) is 0 Å². The van der Waals surface area contributed by atoms with E-state index < -0.39 is 22.5 Å². The second-order valence-electron chi connectivity index (χ2n) is 8.14. The summed E-state index contributed by atoms with van der Waals surface area (Å²) in [5.41, 5.74) is 2.90. The van der Waals surface area contributed by atoms with Gasteiger partial charge in [0.05, 0.1) is 56.3 Å². The second-order valence-corrected chi connectivity index (χ2v) is 10.9. The molecule has 0 unspecified atom stereocenters. The number of benzene rings is 3. The van der Waals surface area contributed by atoms with Crippen molar-refractivity contribution in [3.63, 3.8) is 0 Å². The smallest absolute Gasteiger partial charge is 0.265 e. The number of phenolic OH excluding ortho intramolecular Hbond substituents is 1. The summed E-state index contributed by atoms with van der Waals surface area (Å²) in [6.45, 7) is 1.43. The number of carbonyl (C=O) groups is 1. The molecule has 12 nitrogen and oxygen atoms in total. The maximum absolute atomic E-state index is 13.9. The lowest BCUT2D eigenvalue weighted by Crippen LogP contribution is -2.39. The van der Waals surface area contributed by atoms with Crippen molar-refractivity contribution in [3.8, 4) is 34.5 Å². The van der Waals surface area contributed by atoms with E-state index in [9.17, 15) is 18.3 Å². The molecule has 0 spiro atoms. The maximum Gasteiger partial charge on any atom is 0.265 e. The summed E-state index contributed by atoms with van der Waals surface area (Å²) in [7, 11) is 1.25. The Morgan fingerprint density at radius 2 is 1.63 bits per heavy atom. The molecule has 41 heavy (non-hydrogen) atoms. The van der Waals surface area contributed by atoms with Gasteiger partial charge in [-0.15, -0.1) is 0 Å². The minimum absolute atomic E-state index is 0.0598. The molecule has 2 N–H and O–H groups in total. The fraction of sp³-hybridized carbons (Fsp3) is 0.259. The molecule has 0 bridgehead atoms. The monoisotopic (exact) mass is 651 g/mol. The Balaban J connectivity index is 1.98. The molecule has 0 heterocycles. The summed E-state index contributed by atoms with van der Waals surface area (Å²) < 4.78 is 55.7. The third-order valence-electron chi connectivity index (χ3n) is 5.64. The second kappa shape index (κ2) is 13.9. The van der Waals surface area contributed by atoms with E-state index in [2.05, 4.69) is 26.5 Å². The number of hydrogen-bond acceptors (Lipinski definition) is 10. The molecule has 0 aliphatic rings. The number of aromatic hydroxyl groups is 1. The minimum atomic E-state index is -4.36. The molecule has 0 aromatic heterocycles. The lowest BCUT2D eigenvalue weighted by molar-refractivity contribution is -0.119. The number of amides is 1. The van der Waals surface area contributed by atoms with Gasteiger partial charge in [0.1, 0.15) is 18.0 Å². The number of phenols is 1. The molecule has 0 saturated carbocycles. The first-order chi connectivity index (χ1) is 19.6. The van der Waals surface area contributed by atoms with Gasteiger partial charge in [0.15, 0.2) is 23.0 Å². The predicted molar refractivity (Wildman–Crippen MR) is 156 cm³/mol. The summed E-state index contributed by atoms with van der Waals surface area (Å²) >= 11 is 3.24. The number of rotatable bonds is 13. The van der Waals surface area contributed by atoms with Crippen LogP contribution in [0.1, 0.15) is 12.5 Å². The fourth-order valence-electron chi connectivity index (χ4n) is 3.67. The van der Waals surface area contributed by atoms with Crippen LogP contribution in [-0.4, -0.2) is 67.2 Å². The van der Waals surface area contributed by atoms with Crippen molar-refractivity contribution in [2.75, 3.05) is 45.9 Å². The quantitative estimate of drug-likeness (QED) is 0.207. The van der Waals surface area contributed by atoms with E-state index in [1.54, 1.807) is 19.1 Å². The molecule has 0 saturated heterocycles. The van der Waals surface area contributed by atoms with Crippen molar-refractivity contribution in [3.05, 3.63) is 58.6 Å². The highest BCUT2D eigenvalue weighted by Crippen LogP contribution is 2.38. The molecule has 1 amide bonds. The number of nitrogens with zero attached hydrogens (tertiary/aromatic N) is 2. The number of methoxy groups -OCH3 is 4. The van der Waals surface area contributed by atoms with Crippen molar-refractivity contribution >= 4 is 43.8 Å². The highest BCUT2D eigenvalue weighted by atomic mass is 79.9. The van der Waals surface area contributed by atoms with E-state index in [0.717, 1.165) is 4.31 Å². The third-order valence-corrected chi connectivity index (χ3v) is 8.00. The predicted octanol–water partition coefficient (Wildman–Crippen LogP) is 3.93. The van der Waals surface area contributed by atoms with E-state index in [1.807, 2.05) is 0 Å². The van der Waals surface area contributed by atoms with Crippen molar-refractivity contribution in [1.29, 1.82) is 0 Å². The van der Waals surface area contributed by atoms with Crippen LogP contribution in [0.2, 0.25) is 0 Å². The van der Waals surface area contributed by atoms with Crippen molar-refractivity contribution in [2.24, 2.45) is 5.10 Å². The van der Waals surface area contributed by atoms with E-state index in [0.29, 0.717) is 28.1 Å². The van der Waals surface area contributed by atoms with Crippen LogP contribution in [0.4, 0.5) is 5.69 Å². The molecule has 220 valence electrons. The first kappa shape index (κ1) is 31.4. The van der Waals surface area contributed by atoms with E-state index in [1.165, 1.54) is 71.1 Å². The van der Waals surface area contributed by atoms with Gasteiger partial charge in [-0.25, -0.2) is 13.8 Å². The van der Waals surface area contributed by atoms with Gasteiger partial charge in [-0.2, -0.15) is 5.10 Å². The minimum Gasteiger partial charge on any atom is -0.503 e. The Bertz CT molecular complexity index is 1530. The topological polar surface area (TPSA) is 145 Å². The van der Waals surface area contributed by atoms with Gasteiger partial charge < -0.3 is 28.8 Å². The van der Waals surface area contributed by atoms with Crippen LogP contribution in [-0.2, 0) is 14.8 Å². The fourth-order valence-corrected chi connectivity index (χ4v) is 5.57. The van der Waals surface area contributed by atoms with Crippen LogP contribution in [0.5, 0.6) is 34.5 Å². The number of anilines is 1. The van der Waals surface area contributed by atoms with Crippen molar-refractivity contribution in [1.82, 2.24) is 5.43 Å². The molecule has 3 rings (SSSR count). The Morgan fingerprint density at radius 1 is 0.951 bits per heavy atom. The standard InChI is InChI=1S/C27H30BrN3O9S/c1-6-40-25-12-17(11-20(28)27(25)33)15-29-30-26(32)16-31(21-13-18(36-2)7-9-22(21)37-3)41(34,35)19-8-10-23(38-4)24(14-19)39-5/h7-15,33H,6,16H2,1-5H3,(H,30,32)/b29-15-. The molecule has 0 radical (unpaired) electrons. The first-order valence-electron chi connectivity index (χ1n) is 12.0. The van der Waals surface area contributed by atoms with E-state index >= 15 is 0 Å². The highest BCUT2D eigenvalue weighted by Gasteiger charge is 2.31. The van der Waals surface area contributed by atoms with E-state index in [-0.39, 0.29) is 33.6 Å². The normalized spacial score (nSPS) is 11.2. The first-order valence-corrected chi connectivity index (χ1v) is 14.3. The third kappa shape index (κ3) is 7.32.